The van der Waals surface area contributed by atoms with Crippen LogP contribution < -0.4 is 10.2 Å². The highest BCUT2D eigenvalue weighted by Gasteiger charge is 2.19. The van der Waals surface area contributed by atoms with E-state index in [0.29, 0.717) is 19.3 Å². The fraction of sp³-hybridized carbons (Fsp3) is 0.391. The Morgan fingerprint density at radius 3 is 2.62 bits per heavy atom. The van der Waals surface area contributed by atoms with Crippen molar-refractivity contribution in [2.24, 2.45) is 0 Å². The van der Waals surface area contributed by atoms with E-state index in [1.807, 2.05) is 36.4 Å². The summed E-state index contributed by atoms with van der Waals surface area (Å²) in [6.45, 7) is 4.81. The Morgan fingerprint density at radius 2 is 1.83 bits per heavy atom. The van der Waals surface area contributed by atoms with E-state index in [9.17, 15) is 9.59 Å². The molecular weight excluding hydrogens is 386 g/mol. The highest BCUT2D eigenvalue weighted by Crippen LogP contribution is 2.26. The van der Waals surface area contributed by atoms with E-state index >= 15 is 0 Å². The highest BCUT2D eigenvalue weighted by atomic mass is 35.5. The second-order valence-corrected chi connectivity index (χ2v) is 8.13. The number of nitrogens with one attached hydrogen (secondary N) is 1. The standard InChI is InChI=1S/C23H26ClN3O2/c24-19-4-1-2-5-21(19)27-14-12-26(13-15-27)11-3-6-22(28)18-7-9-20-17(16-18)8-10-23(29)25-20/h1-2,4-5,7,9,16H,3,6,8,10-15H2,(H,25,29). The van der Waals surface area contributed by atoms with Gasteiger partial charge in [-0.15, -0.1) is 0 Å². The lowest BCUT2D eigenvalue weighted by Crippen LogP contribution is -2.46. The number of anilines is 2. The summed E-state index contributed by atoms with van der Waals surface area (Å²) in [5.41, 5.74) is 3.76. The minimum atomic E-state index is 0.0474. The van der Waals surface area contributed by atoms with Crippen LogP contribution in [0.3, 0.4) is 0 Å². The van der Waals surface area contributed by atoms with Gasteiger partial charge in [-0.05, 0) is 55.3 Å². The molecule has 1 saturated heterocycles. The number of piperazine rings is 1. The molecule has 0 radical (unpaired) electrons. The zero-order valence-corrected chi connectivity index (χ0v) is 17.3. The number of para-hydroxylation sites is 1. The Morgan fingerprint density at radius 1 is 1.03 bits per heavy atom. The Kier molecular flexibility index (Phi) is 6.16. The minimum absolute atomic E-state index is 0.0474. The van der Waals surface area contributed by atoms with Gasteiger partial charge < -0.3 is 10.2 Å². The van der Waals surface area contributed by atoms with Crippen LogP contribution in [0.5, 0.6) is 0 Å². The molecule has 1 N–H and O–H groups in total. The molecule has 2 aliphatic heterocycles. The summed E-state index contributed by atoms with van der Waals surface area (Å²) in [5.74, 6) is 0.227. The third-order valence-corrected chi connectivity index (χ3v) is 6.09. The Balaban J connectivity index is 1.23. The van der Waals surface area contributed by atoms with Crippen molar-refractivity contribution in [3.05, 3.63) is 58.6 Å². The largest absolute Gasteiger partial charge is 0.368 e. The molecule has 2 aromatic carbocycles. The summed E-state index contributed by atoms with van der Waals surface area (Å²) in [7, 11) is 0. The van der Waals surface area contributed by atoms with Crippen molar-refractivity contribution < 1.29 is 9.59 Å². The topological polar surface area (TPSA) is 52.7 Å². The predicted octanol–water partition coefficient (Wildman–Crippen LogP) is 4.01. The summed E-state index contributed by atoms with van der Waals surface area (Å²) in [5, 5.41) is 3.66. The molecule has 152 valence electrons. The number of fused-ring (bicyclic) bond motifs is 1. The quantitative estimate of drug-likeness (QED) is 0.730. The number of Topliss-reactive ketones (excluding diaryl/α,β-unsaturated/α-hetero) is 1. The van der Waals surface area contributed by atoms with Gasteiger partial charge in [0, 0.05) is 50.3 Å². The smallest absolute Gasteiger partial charge is 0.224 e. The van der Waals surface area contributed by atoms with E-state index in [4.69, 9.17) is 11.6 Å². The molecule has 0 unspecified atom stereocenters. The number of ketones is 1. The molecule has 1 amide bonds. The molecule has 29 heavy (non-hydrogen) atoms. The summed E-state index contributed by atoms with van der Waals surface area (Å²) in [6, 6.07) is 13.6. The first-order valence-electron chi connectivity index (χ1n) is 10.3. The van der Waals surface area contributed by atoms with Crippen LogP contribution in [-0.4, -0.2) is 49.3 Å². The minimum Gasteiger partial charge on any atom is -0.368 e. The summed E-state index contributed by atoms with van der Waals surface area (Å²) < 4.78 is 0. The first-order chi connectivity index (χ1) is 14.1. The normalized spacial score (nSPS) is 17.0. The first kappa shape index (κ1) is 19.9. The Bertz CT molecular complexity index is 907. The molecule has 1 fully saturated rings. The number of aryl methyl sites for hydroxylation is 1. The van der Waals surface area contributed by atoms with Gasteiger partial charge >= 0.3 is 0 Å². The molecule has 4 rings (SSSR count). The fourth-order valence-electron chi connectivity index (χ4n) is 4.08. The summed E-state index contributed by atoms with van der Waals surface area (Å²) in [4.78, 5) is 28.8. The van der Waals surface area contributed by atoms with E-state index in [-0.39, 0.29) is 11.7 Å². The number of hydrogen-bond donors (Lipinski definition) is 1. The van der Waals surface area contributed by atoms with Crippen LogP contribution in [0.25, 0.3) is 0 Å². The number of nitrogens with zero attached hydrogens (tertiary/aromatic N) is 2. The number of carbonyl (C=O) groups excluding carboxylic acids is 2. The molecule has 0 aromatic heterocycles. The van der Waals surface area contributed by atoms with Gasteiger partial charge in [0.25, 0.3) is 0 Å². The van der Waals surface area contributed by atoms with Crippen LogP contribution in [0.15, 0.2) is 42.5 Å². The van der Waals surface area contributed by atoms with Crippen molar-refractivity contribution in [3.8, 4) is 0 Å². The molecule has 0 spiro atoms. The first-order valence-corrected chi connectivity index (χ1v) is 10.7. The zero-order valence-electron chi connectivity index (χ0n) is 16.5. The molecule has 5 nitrogen and oxygen atoms in total. The maximum absolute atomic E-state index is 12.6. The van der Waals surface area contributed by atoms with Gasteiger partial charge in [0.1, 0.15) is 0 Å². The van der Waals surface area contributed by atoms with E-state index in [1.54, 1.807) is 0 Å². The number of hydrogen-bond acceptors (Lipinski definition) is 4. The van der Waals surface area contributed by atoms with E-state index in [1.165, 1.54) is 0 Å². The number of rotatable bonds is 6. The second-order valence-electron chi connectivity index (χ2n) is 7.73. The maximum Gasteiger partial charge on any atom is 0.224 e. The lowest BCUT2D eigenvalue weighted by atomic mass is 9.97. The van der Waals surface area contributed by atoms with Crippen molar-refractivity contribution in [3.63, 3.8) is 0 Å². The van der Waals surface area contributed by atoms with E-state index in [0.717, 1.165) is 66.7 Å². The third kappa shape index (κ3) is 4.80. The van der Waals surface area contributed by atoms with Crippen molar-refractivity contribution in [1.82, 2.24) is 4.90 Å². The van der Waals surface area contributed by atoms with Crippen LogP contribution in [0.2, 0.25) is 5.02 Å². The van der Waals surface area contributed by atoms with Gasteiger partial charge in [0.05, 0.1) is 10.7 Å². The van der Waals surface area contributed by atoms with Crippen molar-refractivity contribution in [2.45, 2.75) is 25.7 Å². The van der Waals surface area contributed by atoms with Crippen LogP contribution in [-0.2, 0) is 11.2 Å². The average Bonchev–Trinajstić information content (AvgIpc) is 2.74. The van der Waals surface area contributed by atoms with Gasteiger partial charge in [0.2, 0.25) is 5.91 Å². The van der Waals surface area contributed by atoms with Gasteiger partial charge in [0.15, 0.2) is 5.78 Å². The highest BCUT2D eigenvalue weighted by molar-refractivity contribution is 6.33. The van der Waals surface area contributed by atoms with E-state index < -0.39 is 0 Å². The van der Waals surface area contributed by atoms with Crippen LogP contribution in [0.1, 0.15) is 35.2 Å². The lowest BCUT2D eigenvalue weighted by molar-refractivity contribution is -0.116. The molecule has 2 aromatic rings. The monoisotopic (exact) mass is 411 g/mol. The van der Waals surface area contributed by atoms with Gasteiger partial charge in [-0.3, -0.25) is 14.5 Å². The Hall–Kier alpha value is -2.37. The van der Waals surface area contributed by atoms with Crippen LogP contribution >= 0.6 is 11.6 Å². The average molecular weight is 412 g/mol. The van der Waals surface area contributed by atoms with E-state index in [2.05, 4.69) is 21.2 Å². The summed E-state index contributed by atoms with van der Waals surface area (Å²) in [6.07, 6.45) is 2.61. The molecular formula is C23H26ClN3O2. The molecule has 0 aliphatic carbocycles. The van der Waals surface area contributed by atoms with Crippen molar-refractivity contribution in [2.75, 3.05) is 42.9 Å². The zero-order chi connectivity index (χ0) is 20.2. The summed E-state index contributed by atoms with van der Waals surface area (Å²) >= 11 is 6.31. The number of benzene rings is 2. The SMILES string of the molecule is O=C1CCc2cc(C(=O)CCCN3CCN(c4ccccc4Cl)CC3)ccc2N1. The predicted molar refractivity (Wildman–Crippen MR) is 117 cm³/mol. The van der Waals surface area contributed by atoms with Gasteiger partial charge in [-0.1, -0.05) is 23.7 Å². The fourth-order valence-corrected chi connectivity index (χ4v) is 4.34. The molecule has 2 heterocycles. The maximum atomic E-state index is 12.6. The van der Waals surface area contributed by atoms with Crippen molar-refractivity contribution >= 4 is 34.7 Å². The third-order valence-electron chi connectivity index (χ3n) is 5.77. The molecule has 0 saturated carbocycles. The molecule has 2 aliphatic rings. The van der Waals surface area contributed by atoms with Crippen LogP contribution in [0, 0.1) is 0 Å². The Labute approximate surface area is 176 Å². The molecule has 6 heteroatoms. The number of halogens is 1. The second kappa shape index (κ2) is 8.97. The molecule has 0 atom stereocenters. The van der Waals surface area contributed by atoms with Crippen LogP contribution in [0.4, 0.5) is 11.4 Å². The van der Waals surface area contributed by atoms with Gasteiger partial charge in [-0.2, -0.15) is 0 Å². The molecule has 0 bridgehead atoms. The number of amides is 1. The van der Waals surface area contributed by atoms with Gasteiger partial charge in [-0.25, -0.2) is 0 Å². The lowest BCUT2D eigenvalue weighted by Gasteiger charge is -2.36. The number of carbonyl (C=O) groups is 2. The van der Waals surface area contributed by atoms with Crippen molar-refractivity contribution in [1.29, 1.82) is 0 Å².